The molecule has 1 fully saturated rings. The van der Waals surface area contributed by atoms with Crippen molar-refractivity contribution in [1.82, 2.24) is 0 Å². The van der Waals surface area contributed by atoms with Crippen molar-refractivity contribution < 1.29 is 37.1 Å². The molecule has 0 spiro atoms. The molecule has 0 saturated carbocycles. The molecule has 1 aromatic rings. The van der Waals surface area contributed by atoms with Crippen LogP contribution in [-0.2, 0) is 9.47 Å². The topological polar surface area (TPSA) is 99.9 Å². The number of methoxy groups -OCH3 is 1. The van der Waals surface area contributed by atoms with Crippen molar-refractivity contribution in [2.75, 3.05) is 25.6 Å². The molecule has 24 heavy (non-hydrogen) atoms. The molecule has 1 aromatic carbocycles. The highest BCUT2D eigenvalue weighted by Gasteiger charge is 2.36. The fourth-order valence-corrected chi connectivity index (χ4v) is 2.04. The zero-order valence-electron chi connectivity index (χ0n) is 12.4. The van der Waals surface area contributed by atoms with E-state index in [2.05, 4.69) is 14.8 Å². The summed E-state index contributed by atoms with van der Waals surface area (Å²) < 4.78 is 50.8. The van der Waals surface area contributed by atoms with Crippen molar-refractivity contribution in [3.63, 3.8) is 0 Å². The Bertz CT molecular complexity index is 645. The number of nitro groups is 1. The van der Waals surface area contributed by atoms with E-state index in [1.807, 2.05) is 0 Å². The largest absolute Gasteiger partial charge is 0.573 e. The van der Waals surface area contributed by atoms with Crippen LogP contribution in [0.4, 0.5) is 24.5 Å². The lowest BCUT2D eigenvalue weighted by molar-refractivity contribution is -0.387. The van der Waals surface area contributed by atoms with Gasteiger partial charge in [0.2, 0.25) is 5.75 Å². The number of carbonyl (C=O) groups excluding carboxylic acids is 1. The maximum absolute atomic E-state index is 12.5. The van der Waals surface area contributed by atoms with Gasteiger partial charge in [-0.1, -0.05) is 0 Å². The third-order valence-corrected chi connectivity index (χ3v) is 3.22. The number of esters is 1. The minimum atomic E-state index is -5.16. The van der Waals surface area contributed by atoms with Crippen LogP contribution < -0.4 is 10.1 Å². The third-order valence-electron chi connectivity index (χ3n) is 3.22. The number of carbonyl (C=O) groups is 1. The van der Waals surface area contributed by atoms with Crippen LogP contribution in [0.2, 0.25) is 0 Å². The van der Waals surface area contributed by atoms with Crippen molar-refractivity contribution in [3.8, 4) is 5.75 Å². The average molecular weight is 350 g/mol. The number of rotatable bonds is 6. The Balaban J connectivity index is 2.44. The molecule has 2 rings (SSSR count). The van der Waals surface area contributed by atoms with E-state index in [0.29, 0.717) is 19.1 Å². The Hall–Kier alpha value is -2.56. The predicted molar refractivity (Wildman–Crippen MR) is 74.0 cm³/mol. The molecular weight excluding hydrogens is 337 g/mol. The van der Waals surface area contributed by atoms with Crippen LogP contribution in [0, 0.1) is 10.1 Å². The lowest BCUT2D eigenvalue weighted by atomic mass is 10.1. The molecule has 1 aliphatic heterocycles. The Labute approximate surface area is 133 Å². The molecule has 1 aliphatic rings. The fraction of sp³-hybridized carbons (Fsp3) is 0.462. The Kier molecular flexibility index (Phi) is 5.12. The number of hydrogen-bond acceptors (Lipinski definition) is 7. The minimum absolute atomic E-state index is 0.136. The predicted octanol–water partition coefficient (Wildman–Crippen LogP) is 2.48. The van der Waals surface area contributed by atoms with Gasteiger partial charge in [0, 0.05) is 19.2 Å². The van der Waals surface area contributed by atoms with Gasteiger partial charge in [-0.2, -0.15) is 0 Å². The summed E-state index contributed by atoms with van der Waals surface area (Å²) in [6.07, 6.45) is -4.66. The summed E-state index contributed by atoms with van der Waals surface area (Å²) in [7, 11) is 1.03. The second-order valence-corrected chi connectivity index (χ2v) is 4.83. The molecule has 1 atom stereocenters. The first-order chi connectivity index (χ1) is 11.2. The molecule has 0 unspecified atom stereocenters. The summed E-state index contributed by atoms with van der Waals surface area (Å²) in [6.45, 7) is 0.677. The van der Waals surface area contributed by atoms with Crippen LogP contribution in [0.25, 0.3) is 0 Å². The van der Waals surface area contributed by atoms with Crippen LogP contribution in [0.15, 0.2) is 12.1 Å². The molecule has 8 nitrogen and oxygen atoms in total. The highest BCUT2D eigenvalue weighted by atomic mass is 19.4. The number of hydrogen-bond donors (Lipinski definition) is 1. The number of nitrogens with zero attached hydrogens (tertiary/aromatic N) is 1. The summed E-state index contributed by atoms with van der Waals surface area (Å²) in [6, 6.07) is 1.65. The second-order valence-electron chi connectivity index (χ2n) is 4.83. The maximum Gasteiger partial charge on any atom is 0.573 e. The van der Waals surface area contributed by atoms with Crippen molar-refractivity contribution >= 4 is 17.3 Å². The van der Waals surface area contributed by atoms with Gasteiger partial charge in [0.1, 0.15) is 5.69 Å². The van der Waals surface area contributed by atoms with Crippen molar-refractivity contribution in [2.24, 2.45) is 0 Å². The number of halogens is 3. The van der Waals surface area contributed by atoms with Gasteiger partial charge in [0.15, 0.2) is 0 Å². The van der Waals surface area contributed by atoms with Gasteiger partial charge in [0.25, 0.3) is 0 Å². The summed E-state index contributed by atoms with van der Waals surface area (Å²) >= 11 is 0. The van der Waals surface area contributed by atoms with Gasteiger partial charge in [-0.15, -0.1) is 13.2 Å². The number of nitro benzene ring substituents is 1. The molecule has 1 saturated heterocycles. The number of anilines is 1. The lowest BCUT2D eigenvalue weighted by Gasteiger charge is -2.27. The van der Waals surface area contributed by atoms with Gasteiger partial charge in [0.05, 0.1) is 23.7 Å². The number of benzene rings is 1. The highest BCUT2D eigenvalue weighted by Crippen LogP contribution is 2.39. The molecular formula is C13H13F3N2O6. The molecule has 0 amide bonds. The van der Waals surface area contributed by atoms with Gasteiger partial charge >= 0.3 is 18.0 Å². The first kappa shape index (κ1) is 17.8. The van der Waals surface area contributed by atoms with E-state index in [0.717, 1.165) is 13.2 Å². The van der Waals surface area contributed by atoms with E-state index in [1.165, 1.54) is 0 Å². The Morgan fingerprint density at radius 3 is 2.62 bits per heavy atom. The highest BCUT2D eigenvalue weighted by molar-refractivity contribution is 5.93. The van der Waals surface area contributed by atoms with Crippen molar-refractivity contribution in [2.45, 2.75) is 18.9 Å². The normalized spacial score (nSPS) is 16.9. The van der Waals surface area contributed by atoms with E-state index in [9.17, 15) is 28.1 Å². The Morgan fingerprint density at radius 1 is 1.50 bits per heavy atom. The fourth-order valence-electron chi connectivity index (χ4n) is 2.04. The molecule has 132 valence electrons. The molecule has 0 radical (unpaired) electrons. The monoisotopic (exact) mass is 350 g/mol. The quantitative estimate of drug-likeness (QED) is 0.478. The molecule has 0 bridgehead atoms. The van der Waals surface area contributed by atoms with E-state index in [-0.39, 0.29) is 23.9 Å². The van der Waals surface area contributed by atoms with Crippen LogP contribution in [0.1, 0.15) is 16.8 Å². The molecule has 11 heteroatoms. The molecule has 1 heterocycles. The first-order valence-corrected chi connectivity index (χ1v) is 6.73. The van der Waals surface area contributed by atoms with Crippen molar-refractivity contribution in [3.05, 3.63) is 27.8 Å². The minimum Gasteiger partial charge on any atom is -0.465 e. The van der Waals surface area contributed by atoms with E-state index < -0.39 is 28.7 Å². The first-order valence-electron chi connectivity index (χ1n) is 6.73. The zero-order chi connectivity index (χ0) is 17.9. The molecule has 1 N–H and O–H groups in total. The van der Waals surface area contributed by atoms with Crippen LogP contribution in [0.5, 0.6) is 5.75 Å². The van der Waals surface area contributed by atoms with Crippen LogP contribution in [0.3, 0.4) is 0 Å². The SMILES string of the molecule is COC(=O)c1cc(NC[C@@H]2CCO2)c([N+](=O)[O-])c(OC(F)(F)F)c1. The van der Waals surface area contributed by atoms with E-state index >= 15 is 0 Å². The standard InChI is InChI=1S/C13H13F3N2O6/c1-22-12(19)7-4-9(17-6-8-2-3-23-8)11(18(20)21)10(5-7)24-13(14,15)16/h4-5,8,17H,2-3,6H2,1H3/t8-/m0/s1. The Morgan fingerprint density at radius 2 is 2.17 bits per heavy atom. The average Bonchev–Trinajstić information content (AvgIpc) is 2.42. The van der Waals surface area contributed by atoms with E-state index in [1.54, 1.807) is 0 Å². The summed E-state index contributed by atoms with van der Waals surface area (Å²) in [5.41, 5.74) is -1.55. The van der Waals surface area contributed by atoms with Crippen LogP contribution >= 0.6 is 0 Å². The maximum atomic E-state index is 12.5. The summed E-state index contributed by atoms with van der Waals surface area (Å²) in [5.74, 6) is -2.06. The lowest BCUT2D eigenvalue weighted by Crippen LogP contribution is -2.33. The third kappa shape index (κ3) is 4.25. The smallest absolute Gasteiger partial charge is 0.465 e. The summed E-state index contributed by atoms with van der Waals surface area (Å²) in [5, 5.41) is 13.8. The number of ether oxygens (including phenoxy) is 3. The zero-order valence-corrected chi connectivity index (χ0v) is 12.4. The van der Waals surface area contributed by atoms with Crippen LogP contribution in [-0.4, -0.2) is 43.6 Å². The van der Waals surface area contributed by atoms with Crippen molar-refractivity contribution in [1.29, 1.82) is 0 Å². The van der Waals surface area contributed by atoms with Gasteiger partial charge < -0.3 is 19.5 Å². The number of alkyl halides is 3. The summed E-state index contributed by atoms with van der Waals surface area (Å²) in [4.78, 5) is 21.7. The van der Waals surface area contributed by atoms with E-state index in [4.69, 9.17) is 4.74 Å². The second kappa shape index (κ2) is 6.91. The van der Waals surface area contributed by atoms with Gasteiger partial charge in [-0.25, -0.2) is 4.79 Å². The number of nitrogens with one attached hydrogen (secondary N) is 1. The van der Waals surface area contributed by atoms with Gasteiger partial charge in [-0.3, -0.25) is 10.1 Å². The molecule has 0 aliphatic carbocycles. The molecule has 0 aromatic heterocycles. The van der Waals surface area contributed by atoms with Gasteiger partial charge in [-0.05, 0) is 12.5 Å².